The van der Waals surface area contributed by atoms with Gasteiger partial charge in [-0.25, -0.2) is 4.39 Å². The van der Waals surface area contributed by atoms with Crippen molar-refractivity contribution in [2.45, 2.75) is 19.8 Å². The van der Waals surface area contributed by atoms with Crippen molar-refractivity contribution in [1.29, 1.82) is 0 Å². The van der Waals surface area contributed by atoms with Crippen LogP contribution in [0.4, 0.5) is 10.1 Å². The molecule has 3 rings (SSSR count). The van der Waals surface area contributed by atoms with Crippen LogP contribution < -0.4 is 10.6 Å². The Kier molecular flexibility index (Phi) is 3.32. The number of carbonyl (C=O) groups is 1. The van der Waals surface area contributed by atoms with Gasteiger partial charge >= 0.3 is 0 Å². The fourth-order valence-electron chi connectivity index (χ4n) is 2.71. The number of nitrogens with one attached hydrogen (secondary N) is 1. The van der Waals surface area contributed by atoms with Gasteiger partial charge in [-0.2, -0.15) is 15.4 Å². The number of aromatic nitrogens is 3. The number of hydrogen-bond acceptors (Lipinski definition) is 4. The molecule has 2 aromatic rings. The number of benzene rings is 1. The first-order chi connectivity index (χ1) is 10.1. The van der Waals surface area contributed by atoms with Crippen molar-refractivity contribution < 1.29 is 9.18 Å². The molecule has 110 valence electrons. The summed E-state index contributed by atoms with van der Waals surface area (Å²) in [5.41, 5.74) is 7.50. The lowest BCUT2D eigenvalue weighted by Gasteiger charge is -2.20. The molecule has 0 aliphatic carbocycles. The Hall–Kier alpha value is -2.44. The number of hydrogen-bond donors (Lipinski definition) is 2. The standard InChI is InChI=1S/C14H16FN5O/c1-8-6-11(20-4-2-3-5-20)10(15)7-9(8)12-13(14(16)21)18-19-17-12/h6-7H,2-5H2,1H3,(H2,16,21)(H,17,18,19). The zero-order chi connectivity index (χ0) is 15.0. The second-order valence-electron chi connectivity index (χ2n) is 5.20. The van der Waals surface area contributed by atoms with Crippen LogP contribution >= 0.6 is 0 Å². The third-order valence-corrected chi connectivity index (χ3v) is 3.78. The number of rotatable bonds is 3. The number of nitrogens with two attached hydrogens (primary N) is 1. The van der Waals surface area contributed by atoms with Gasteiger partial charge in [0.1, 0.15) is 11.5 Å². The summed E-state index contributed by atoms with van der Waals surface area (Å²) in [6, 6.07) is 3.18. The van der Waals surface area contributed by atoms with Crippen LogP contribution in [0.5, 0.6) is 0 Å². The van der Waals surface area contributed by atoms with Crippen molar-refractivity contribution in [2.75, 3.05) is 18.0 Å². The van der Waals surface area contributed by atoms with E-state index in [-0.39, 0.29) is 17.2 Å². The topological polar surface area (TPSA) is 87.9 Å². The van der Waals surface area contributed by atoms with Gasteiger partial charge in [0.15, 0.2) is 5.69 Å². The van der Waals surface area contributed by atoms with Gasteiger partial charge in [-0.1, -0.05) is 0 Å². The highest BCUT2D eigenvalue weighted by molar-refractivity contribution is 5.97. The predicted octanol–water partition coefficient (Wildman–Crippen LogP) is 1.62. The van der Waals surface area contributed by atoms with Crippen LogP contribution in [-0.2, 0) is 0 Å². The Morgan fingerprint density at radius 3 is 2.71 bits per heavy atom. The molecule has 0 spiro atoms. The number of halogens is 1. The SMILES string of the molecule is Cc1cc(N2CCCC2)c(F)cc1-c1n[nH]nc1C(N)=O. The maximum absolute atomic E-state index is 14.4. The van der Waals surface area contributed by atoms with E-state index in [2.05, 4.69) is 15.4 Å². The maximum atomic E-state index is 14.4. The molecule has 2 heterocycles. The lowest BCUT2D eigenvalue weighted by molar-refractivity contribution is 0.0996. The molecule has 0 radical (unpaired) electrons. The molecule has 6 nitrogen and oxygen atoms in total. The van der Waals surface area contributed by atoms with Crippen LogP contribution in [0.25, 0.3) is 11.3 Å². The van der Waals surface area contributed by atoms with Gasteiger partial charge in [0.05, 0.1) is 5.69 Å². The summed E-state index contributed by atoms with van der Waals surface area (Å²) < 4.78 is 14.4. The zero-order valence-corrected chi connectivity index (χ0v) is 11.7. The minimum absolute atomic E-state index is 0.0198. The number of nitrogens with zero attached hydrogens (tertiary/aromatic N) is 3. The molecule has 1 fully saturated rings. The Labute approximate surface area is 121 Å². The van der Waals surface area contributed by atoms with Crippen LogP contribution in [0.3, 0.4) is 0 Å². The molecule has 3 N–H and O–H groups in total. The van der Waals surface area contributed by atoms with Crippen molar-refractivity contribution >= 4 is 11.6 Å². The highest BCUT2D eigenvalue weighted by Crippen LogP contribution is 2.31. The summed E-state index contributed by atoms with van der Waals surface area (Å²) in [7, 11) is 0. The lowest BCUT2D eigenvalue weighted by Crippen LogP contribution is -2.19. The van der Waals surface area contributed by atoms with Gasteiger partial charge in [-0.15, -0.1) is 0 Å². The van der Waals surface area contributed by atoms with E-state index in [9.17, 15) is 9.18 Å². The van der Waals surface area contributed by atoms with Gasteiger partial charge in [-0.3, -0.25) is 4.79 Å². The number of carbonyl (C=O) groups excluding carboxylic acids is 1. The summed E-state index contributed by atoms with van der Waals surface area (Å²) >= 11 is 0. The number of anilines is 1. The van der Waals surface area contributed by atoms with Gasteiger partial charge in [-0.05, 0) is 37.5 Å². The number of primary amides is 1. The van der Waals surface area contributed by atoms with Gasteiger partial charge in [0, 0.05) is 18.7 Å². The molecule has 1 aromatic heterocycles. The molecular formula is C14H16FN5O. The number of H-pyrrole nitrogens is 1. The second kappa shape index (κ2) is 5.16. The fourth-order valence-corrected chi connectivity index (χ4v) is 2.71. The molecule has 0 saturated carbocycles. The highest BCUT2D eigenvalue weighted by Gasteiger charge is 2.21. The average Bonchev–Trinajstić information content (AvgIpc) is 3.10. The van der Waals surface area contributed by atoms with E-state index in [0.717, 1.165) is 31.5 Å². The summed E-state index contributed by atoms with van der Waals surface area (Å²) in [5, 5.41) is 10.00. The maximum Gasteiger partial charge on any atom is 0.271 e. The molecule has 1 aliphatic heterocycles. The van der Waals surface area contributed by atoms with Crippen LogP contribution in [0.1, 0.15) is 28.9 Å². The molecule has 1 amide bonds. The van der Waals surface area contributed by atoms with Crippen molar-refractivity contribution in [1.82, 2.24) is 15.4 Å². The Bertz CT molecular complexity index is 691. The normalized spacial score (nSPS) is 14.7. The van der Waals surface area contributed by atoms with E-state index in [1.165, 1.54) is 6.07 Å². The summed E-state index contributed by atoms with van der Waals surface area (Å²) in [6.45, 7) is 3.59. The van der Waals surface area contributed by atoms with Gasteiger partial charge in [0.2, 0.25) is 0 Å². The Balaban J connectivity index is 2.06. The smallest absolute Gasteiger partial charge is 0.271 e. The minimum Gasteiger partial charge on any atom is -0.369 e. The van der Waals surface area contributed by atoms with E-state index in [0.29, 0.717) is 11.3 Å². The van der Waals surface area contributed by atoms with E-state index in [1.54, 1.807) is 6.07 Å². The van der Waals surface area contributed by atoms with Gasteiger partial charge in [0.25, 0.3) is 5.91 Å². The van der Waals surface area contributed by atoms with Gasteiger partial charge < -0.3 is 10.6 Å². The fraction of sp³-hybridized carbons (Fsp3) is 0.357. The highest BCUT2D eigenvalue weighted by atomic mass is 19.1. The molecule has 1 aliphatic rings. The molecule has 1 saturated heterocycles. The second-order valence-corrected chi connectivity index (χ2v) is 5.20. The molecule has 0 atom stereocenters. The van der Waals surface area contributed by atoms with Crippen LogP contribution in [0, 0.1) is 12.7 Å². The minimum atomic E-state index is -0.692. The molecule has 21 heavy (non-hydrogen) atoms. The number of aryl methyl sites for hydroxylation is 1. The first-order valence-electron chi connectivity index (χ1n) is 6.84. The zero-order valence-electron chi connectivity index (χ0n) is 11.7. The van der Waals surface area contributed by atoms with Crippen LogP contribution in [-0.4, -0.2) is 34.4 Å². The molecule has 0 bridgehead atoms. The summed E-state index contributed by atoms with van der Waals surface area (Å²) in [5.74, 6) is -1.02. The molecule has 7 heteroatoms. The largest absolute Gasteiger partial charge is 0.369 e. The van der Waals surface area contributed by atoms with E-state index < -0.39 is 5.91 Å². The Morgan fingerprint density at radius 1 is 1.33 bits per heavy atom. The van der Waals surface area contributed by atoms with Crippen molar-refractivity contribution in [2.24, 2.45) is 5.73 Å². The van der Waals surface area contributed by atoms with Crippen LogP contribution in [0.2, 0.25) is 0 Å². The van der Waals surface area contributed by atoms with E-state index in [4.69, 9.17) is 5.73 Å². The number of amides is 1. The van der Waals surface area contributed by atoms with E-state index in [1.807, 2.05) is 11.8 Å². The molecule has 0 unspecified atom stereocenters. The summed E-state index contributed by atoms with van der Waals surface area (Å²) in [4.78, 5) is 13.4. The first kappa shape index (κ1) is 13.5. The Morgan fingerprint density at radius 2 is 2.05 bits per heavy atom. The third-order valence-electron chi connectivity index (χ3n) is 3.78. The first-order valence-corrected chi connectivity index (χ1v) is 6.84. The number of aromatic amines is 1. The van der Waals surface area contributed by atoms with Crippen molar-refractivity contribution in [3.63, 3.8) is 0 Å². The molecular weight excluding hydrogens is 273 g/mol. The monoisotopic (exact) mass is 289 g/mol. The molecule has 1 aromatic carbocycles. The predicted molar refractivity (Wildman–Crippen MR) is 76.5 cm³/mol. The quantitative estimate of drug-likeness (QED) is 0.898. The average molecular weight is 289 g/mol. The van der Waals surface area contributed by atoms with Crippen molar-refractivity contribution in [3.8, 4) is 11.3 Å². The lowest BCUT2D eigenvalue weighted by atomic mass is 10.0. The van der Waals surface area contributed by atoms with Crippen LogP contribution in [0.15, 0.2) is 12.1 Å². The van der Waals surface area contributed by atoms with E-state index >= 15 is 0 Å². The summed E-state index contributed by atoms with van der Waals surface area (Å²) in [6.07, 6.45) is 2.16. The van der Waals surface area contributed by atoms with Crippen molar-refractivity contribution in [3.05, 3.63) is 29.2 Å². The third kappa shape index (κ3) is 2.35.